The molecule has 2 heterocycles. The maximum Gasteiger partial charge on any atom is 0.410 e. The summed E-state index contributed by atoms with van der Waals surface area (Å²) in [5.74, 6) is 0.706. The van der Waals surface area contributed by atoms with Crippen LogP contribution in [-0.2, 0) is 9.47 Å². The van der Waals surface area contributed by atoms with E-state index in [2.05, 4.69) is 6.07 Å². The first-order valence-electron chi connectivity index (χ1n) is 12.2. The molecule has 1 aliphatic heterocycles. The Morgan fingerprint density at radius 3 is 2.38 bits per heavy atom. The molecule has 9 nitrogen and oxygen atoms in total. The summed E-state index contributed by atoms with van der Waals surface area (Å²) in [6.07, 6.45) is 0.135. The van der Waals surface area contributed by atoms with Gasteiger partial charge < -0.3 is 19.1 Å². The summed E-state index contributed by atoms with van der Waals surface area (Å²) >= 11 is 0. The van der Waals surface area contributed by atoms with Gasteiger partial charge >= 0.3 is 12.1 Å². The van der Waals surface area contributed by atoms with Crippen LogP contribution in [0, 0.1) is 11.3 Å². The molecule has 0 bridgehead atoms. The average molecular weight is 503 g/mol. The van der Waals surface area contributed by atoms with Gasteiger partial charge in [0.25, 0.3) is 0 Å². The van der Waals surface area contributed by atoms with Crippen molar-refractivity contribution in [2.75, 3.05) is 19.7 Å². The predicted molar refractivity (Wildman–Crippen MR) is 136 cm³/mol. The molecule has 0 N–H and O–H groups in total. The quantitative estimate of drug-likeness (QED) is 0.405. The van der Waals surface area contributed by atoms with Gasteiger partial charge in [0.1, 0.15) is 34.4 Å². The Kier molecular flexibility index (Phi) is 7.48. The summed E-state index contributed by atoms with van der Waals surface area (Å²) < 4.78 is 18.2. The van der Waals surface area contributed by atoms with Gasteiger partial charge in [0, 0.05) is 18.7 Å². The molecular weight excluding hydrogens is 472 g/mol. The predicted octanol–water partition coefficient (Wildman–Crippen LogP) is 5.57. The molecule has 0 spiro atoms. The molecule has 2 aromatic carbocycles. The van der Waals surface area contributed by atoms with Gasteiger partial charge in [-0.1, -0.05) is 18.2 Å². The number of esters is 1. The molecule has 4 rings (SSSR count). The number of rotatable bonds is 6. The number of ether oxygens (including phenoxy) is 3. The minimum Gasteiger partial charge on any atom is -0.461 e. The molecule has 0 aliphatic carbocycles. The van der Waals surface area contributed by atoms with Crippen LogP contribution in [0.15, 0.2) is 54.6 Å². The van der Waals surface area contributed by atoms with E-state index in [1.165, 1.54) is 4.68 Å². The molecule has 0 radical (unpaired) electrons. The van der Waals surface area contributed by atoms with Gasteiger partial charge in [-0.15, -0.1) is 0 Å². The maximum atomic E-state index is 12.9. The van der Waals surface area contributed by atoms with E-state index >= 15 is 0 Å². The zero-order chi connectivity index (χ0) is 26.6. The Bertz CT molecular complexity index is 1300. The second-order valence-electron chi connectivity index (χ2n) is 9.66. The Hall–Kier alpha value is -4.32. The van der Waals surface area contributed by atoms with Gasteiger partial charge in [-0.2, -0.15) is 10.4 Å². The van der Waals surface area contributed by atoms with Crippen molar-refractivity contribution in [1.82, 2.24) is 14.7 Å². The highest BCUT2D eigenvalue weighted by Gasteiger charge is 2.35. The number of amides is 1. The highest BCUT2D eigenvalue weighted by atomic mass is 16.6. The van der Waals surface area contributed by atoms with E-state index in [-0.39, 0.29) is 23.9 Å². The molecular formula is C28H30N4O5. The van der Waals surface area contributed by atoms with Crippen LogP contribution in [0.5, 0.6) is 11.5 Å². The number of likely N-dealkylation sites (tertiary alicyclic amines) is 1. The topological polar surface area (TPSA) is 107 Å². The lowest BCUT2D eigenvalue weighted by molar-refractivity contribution is 0.0288. The second kappa shape index (κ2) is 10.7. The summed E-state index contributed by atoms with van der Waals surface area (Å²) in [7, 11) is 0. The largest absolute Gasteiger partial charge is 0.461 e. The molecule has 37 heavy (non-hydrogen) atoms. The number of nitriles is 1. The van der Waals surface area contributed by atoms with Crippen molar-refractivity contribution in [2.45, 2.75) is 45.8 Å². The summed E-state index contributed by atoms with van der Waals surface area (Å²) in [5.41, 5.74) is 0.621. The fraction of sp³-hybridized carbons (Fsp3) is 0.357. The summed E-state index contributed by atoms with van der Waals surface area (Å²) in [4.78, 5) is 27.1. The summed E-state index contributed by atoms with van der Waals surface area (Å²) in [6, 6.07) is 18.4. The van der Waals surface area contributed by atoms with Crippen LogP contribution in [0.2, 0.25) is 0 Å². The Balaban J connectivity index is 1.65. The third-order valence-electron chi connectivity index (χ3n) is 5.76. The monoisotopic (exact) mass is 502 g/mol. The lowest BCUT2D eigenvalue weighted by Gasteiger charge is -2.24. The van der Waals surface area contributed by atoms with Crippen LogP contribution in [0.3, 0.4) is 0 Å². The van der Waals surface area contributed by atoms with E-state index < -0.39 is 17.7 Å². The summed E-state index contributed by atoms with van der Waals surface area (Å²) in [6.45, 7) is 8.05. The van der Waals surface area contributed by atoms with Crippen molar-refractivity contribution in [1.29, 1.82) is 5.26 Å². The van der Waals surface area contributed by atoms with Crippen molar-refractivity contribution in [3.05, 3.63) is 65.9 Å². The van der Waals surface area contributed by atoms with Gasteiger partial charge in [-0.3, -0.25) is 4.68 Å². The third kappa shape index (κ3) is 5.92. The van der Waals surface area contributed by atoms with E-state index in [0.717, 1.165) is 0 Å². The molecule has 1 amide bonds. The molecule has 3 aromatic rings. The highest BCUT2D eigenvalue weighted by Crippen LogP contribution is 2.33. The number of carbonyl (C=O) groups is 2. The van der Waals surface area contributed by atoms with Gasteiger partial charge in [-0.05, 0) is 70.5 Å². The Labute approximate surface area is 216 Å². The van der Waals surface area contributed by atoms with Crippen LogP contribution in [-0.4, -0.2) is 52.0 Å². The zero-order valence-electron chi connectivity index (χ0n) is 21.4. The number of hydrogen-bond donors (Lipinski definition) is 0. The standard InChI is InChI=1S/C28H30N4O5/c1-5-35-26(33)25-23(17-29)24(19-11-13-22(14-12-19)36-21-9-7-6-8-10-21)30-32(25)20-15-16-31(18-20)27(34)37-28(2,3)4/h6-14,20H,5,15-16,18H2,1-4H3. The Morgan fingerprint density at radius 1 is 1.08 bits per heavy atom. The van der Waals surface area contributed by atoms with Gasteiger partial charge in [0.15, 0.2) is 5.69 Å². The number of hydrogen-bond acceptors (Lipinski definition) is 7. The van der Waals surface area contributed by atoms with Crippen LogP contribution < -0.4 is 4.74 Å². The minimum absolute atomic E-state index is 0.0833. The lowest BCUT2D eigenvalue weighted by Crippen LogP contribution is -2.35. The van der Waals surface area contributed by atoms with E-state index in [1.54, 1.807) is 36.1 Å². The van der Waals surface area contributed by atoms with Crippen molar-refractivity contribution >= 4 is 12.1 Å². The van der Waals surface area contributed by atoms with Crippen LogP contribution >= 0.6 is 0 Å². The molecule has 1 saturated heterocycles. The highest BCUT2D eigenvalue weighted by molar-refractivity contribution is 5.93. The number of nitrogens with zero attached hydrogens (tertiary/aromatic N) is 4. The maximum absolute atomic E-state index is 12.9. The normalized spacial score (nSPS) is 15.2. The fourth-order valence-corrected chi connectivity index (χ4v) is 4.14. The summed E-state index contributed by atoms with van der Waals surface area (Å²) in [5, 5.41) is 14.7. The van der Waals surface area contributed by atoms with E-state index in [9.17, 15) is 14.9 Å². The lowest BCUT2D eigenvalue weighted by atomic mass is 10.1. The van der Waals surface area contributed by atoms with Gasteiger partial charge in [0.2, 0.25) is 0 Å². The van der Waals surface area contributed by atoms with Crippen LogP contribution in [0.25, 0.3) is 11.3 Å². The molecule has 1 unspecified atom stereocenters. The van der Waals surface area contributed by atoms with Gasteiger partial charge in [-0.25, -0.2) is 9.59 Å². The third-order valence-corrected chi connectivity index (χ3v) is 5.76. The molecule has 1 fully saturated rings. The Morgan fingerprint density at radius 2 is 1.76 bits per heavy atom. The molecule has 0 saturated carbocycles. The van der Waals surface area contributed by atoms with Crippen molar-refractivity contribution < 1.29 is 23.8 Å². The van der Waals surface area contributed by atoms with E-state index in [4.69, 9.17) is 19.3 Å². The van der Waals surface area contributed by atoms with Crippen LogP contribution in [0.1, 0.15) is 56.2 Å². The number of para-hydroxylation sites is 1. The second-order valence-corrected chi connectivity index (χ2v) is 9.66. The van der Waals surface area contributed by atoms with E-state index in [0.29, 0.717) is 42.3 Å². The molecule has 1 atom stereocenters. The molecule has 1 aliphatic rings. The van der Waals surface area contributed by atoms with Crippen LogP contribution in [0.4, 0.5) is 4.79 Å². The number of carbonyl (C=O) groups excluding carboxylic acids is 2. The molecule has 9 heteroatoms. The minimum atomic E-state index is -0.627. The average Bonchev–Trinajstić information content (AvgIpc) is 3.49. The van der Waals surface area contributed by atoms with Crippen molar-refractivity contribution in [3.63, 3.8) is 0 Å². The van der Waals surface area contributed by atoms with Crippen molar-refractivity contribution in [3.8, 4) is 28.8 Å². The number of aromatic nitrogens is 2. The van der Waals surface area contributed by atoms with Crippen molar-refractivity contribution in [2.24, 2.45) is 0 Å². The zero-order valence-corrected chi connectivity index (χ0v) is 21.4. The fourth-order valence-electron chi connectivity index (χ4n) is 4.14. The smallest absolute Gasteiger partial charge is 0.410 e. The van der Waals surface area contributed by atoms with Gasteiger partial charge in [0.05, 0.1) is 12.6 Å². The molecule has 192 valence electrons. The SMILES string of the molecule is CCOC(=O)c1c(C#N)c(-c2ccc(Oc3ccccc3)cc2)nn1C1CCN(C(=O)OC(C)(C)C)C1. The number of benzene rings is 2. The molecule has 1 aromatic heterocycles. The first-order chi connectivity index (χ1) is 17.7. The first kappa shape index (κ1) is 25.8. The van der Waals surface area contributed by atoms with E-state index in [1.807, 2.05) is 51.1 Å². The first-order valence-corrected chi connectivity index (χ1v) is 12.2.